The minimum Gasteiger partial charge on any atom is -0.459 e. The van der Waals surface area contributed by atoms with Crippen molar-refractivity contribution in [3.8, 4) is 22.5 Å². The number of likely N-dealkylation sites (tertiary alicyclic amines) is 1. The molecule has 5 nitrogen and oxygen atoms in total. The Hall–Kier alpha value is -2.92. The van der Waals surface area contributed by atoms with E-state index in [1.807, 2.05) is 30.6 Å². The first-order valence-corrected chi connectivity index (χ1v) is 9.92. The van der Waals surface area contributed by atoms with Crippen molar-refractivity contribution in [2.24, 2.45) is 5.16 Å². The number of rotatable bonds is 4. The van der Waals surface area contributed by atoms with Crippen LogP contribution in [-0.2, 0) is 13.0 Å². The predicted octanol–water partition coefficient (Wildman–Crippen LogP) is 4.73. The molecule has 0 spiro atoms. The highest BCUT2D eigenvalue weighted by Gasteiger charge is 2.22. The lowest BCUT2D eigenvalue weighted by molar-refractivity contribution is 0.299. The predicted molar refractivity (Wildman–Crippen MR) is 109 cm³/mol. The summed E-state index contributed by atoms with van der Waals surface area (Å²) in [4.78, 5) is 6.60. The number of fused-ring (bicyclic) bond motifs is 1. The van der Waals surface area contributed by atoms with Gasteiger partial charge >= 0.3 is 0 Å². The molecule has 3 heterocycles. The maximum Gasteiger partial charge on any atom is 0.142 e. The Balaban J connectivity index is 1.57. The van der Waals surface area contributed by atoms with Gasteiger partial charge in [-0.15, -0.1) is 0 Å². The third-order valence-electron chi connectivity index (χ3n) is 5.78. The smallest absolute Gasteiger partial charge is 0.142 e. The van der Waals surface area contributed by atoms with E-state index >= 15 is 0 Å². The third kappa shape index (κ3) is 3.12. The number of aryl methyl sites for hydroxylation is 1. The van der Waals surface area contributed by atoms with Crippen LogP contribution in [-0.4, -0.2) is 33.9 Å². The molecule has 2 aliphatic rings. The molecule has 1 N–H and O–H groups in total. The molecule has 5 rings (SSSR count). The van der Waals surface area contributed by atoms with Gasteiger partial charge in [0.15, 0.2) is 0 Å². The van der Waals surface area contributed by atoms with E-state index in [-0.39, 0.29) is 0 Å². The van der Waals surface area contributed by atoms with E-state index < -0.39 is 0 Å². The van der Waals surface area contributed by atoms with Gasteiger partial charge in [-0.25, -0.2) is 0 Å². The molecule has 3 aromatic rings. The van der Waals surface area contributed by atoms with Crippen LogP contribution in [0, 0.1) is 0 Å². The summed E-state index contributed by atoms with van der Waals surface area (Å²) in [7, 11) is 0. The molecule has 0 saturated carbocycles. The van der Waals surface area contributed by atoms with Gasteiger partial charge in [0.2, 0.25) is 0 Å². The molecule has 0 unspecified atom stereocenters. The highest BCUT2D eigenvalue weighted by molar-refractivity contribution is 6.04. The topological polar surface area (TPSA) is 61.9 Å². The minimum absolute atomic E-state index is 0.769. The lowest BCUT2D eigenvalue weighted by atomic mass is 9.99. The quantitative estimate of drug-likeness (QED) is 0.530. The van der Waals surface area contributed by atoms with Gasteiger partial charge in [0, 0.05) is 29.1 Å². The molecule has 142 valence electrons. The molecule has 1 saturated heterocycles. The molecular weight excluding hydrogens is 350 g/mol. The Kier molecular flexibility index (Phi) is 4.45. The van der Waals surface area contributed by atoms with Gasteiger partial charge < -0.3 is 9.62 Å². The van der Waals surface area contributed by atoms with Gasteiger partial charge in [-0.05, 0) is 74.2 Å². The zero-order valence-corrected chi connectivity index (χ0v) is 15.8. The van der Waals surface area contributed by atoms with Crippen molar-refractivity contribution in [3.05, 3.63) is 65.7 Å². The van der Waals surface area contributed by atoms with E-state index in [2.05, 4.69) is 33.2 Å². The van der Waals surface area contributed by atoms with Crippen LogP contribution in [0.2, 0.25) is 0 Å². The van der Waals surface area contributed by atoms with Crippen molar-refractivity contribution in [2.45, 2.75) is 32.2 Å². The fourth-order valence-corrected chi connectivity index (χ4v) is 4.36. The molecule has 0 bridgehead atoms. The highest BCUT2D eigenvalue weighted by Crippen LogP contribution is 2.37. The molecule has 1 aliphatic carbocycles. The van der Waals surface area contributed by atoms with E-state index in [1.54, 1.807) is 0 Å². The number of aromatic nitrogens is 1. The average molecular weight is 373 g/mol. The maximum absolute atomic E-state index is 9.19. The van der Waals surface area contributed by atoms with E-state index in [4.69, 9.17) is 4.42 Å². The number of hydrogen-bond donors (Lipinski definition) is 1. The molecule has 1 aliphatic heterocycles. The van der Waals surface area contributed by atoms with Gasteiger partial charge in [-0.1, -0.05) is 17.3 Å². The fourth-order valence-electron chi connectivity index (χ4n) is 4.36. The SMILES string of the molecule is O/N=C1/CCc2cc(-c3oc(CN4CCCC4)cc3-c3ccncc3)ccc21. The van der Waals surface area contributed by atoms with Crippen molar-refractivity contribution in [3.63, 3.8) is 0 Å². The van der Waals surface area contributed by atoms with Crippen LogP contribution in [0.4, 0.5) is 0 Å². The molecule has 1 fully saturated rings. The number of oxime groups is 1. The van der Waals surface area contributed by atoms with Crippen LogP contribution < -0.4 is 0 Å². The normalized spacial score (nSPS) is 18.1. The summed E-state index contributed by atoms with van der Waals surface area (Å²) in [5, 5.41) is 12.6. The van der Waals surface area contributed by atoms with Crippen LogP contribution in [0.25, 0.3) is 22.5 Å². The first-order valence-electron chi connectivity index (χ1n) is 9.92. The second kappa shape index (κ2) is 7.24. The van der Waals surface area contributed by atoms with Gasteiger partial charge in [0.1, 0.15) is 11.5 Å². The lowest BCUT2D eigenvalue weighted by Crippen LogP contribution is -2.17. The monoisotopic (exact) mass is 373 g/mol. The van der Waals surface area contributed by atoms with Crippen molar-refractivity contribution in [1.82, 2.24) is 9.88 Å². The van der Waals surface area contributed by atoms with E-state index in [9.17, 15) is 5.21 Å². The first-order chi connectivity index (χ1) is 13.8. The van der Waals surface area contributed by atoms with E-state index in [0.29, 0.717) is 0 Å². The molecule has 2 aromatic heterocycles. The zero-order chi connectivity index (χ0) is 18.9. The molecule has 1 aromatic carbocycles. The average Bonchev–Trinajstić information content (AvgIpc) is 3.48. The number of nitrogens with zero attached hydrogens (tertiary/aromatic N) is 3. The Labute approximate surface area is 164 Å². The molecule has 28 heavy (non-hydrogen) atoms. The fraction of sp³-hybridized carbons (Fsp3) is 0.304. The first kappa shape index (κ1) is 17.2. The van der Waals surface area contributed by atoms with Gasteiger partial charge in [0.25, 0.3) is 0 Å². The number of furan rings is 1. The Morgan fingerprint density at radius 1 is 0.964 bits per heavy atom. The summed E-state index contributed by atoms with van der Waals surface area (Å²) in [5.41, 5.74) is 6.30. The van der Waals surface area contributed by atoms with Crippen molar-refractivity contribution >= 4 is 5.71 Å². The van der Waals surface area contributed by atoms with Gasteiger partial charge in [0.05, 0.1) is 12.3 Å². The largest absolute Gasteiger partial charge is 0.459 e. The molecule has 0 atom stereocenters. The van der Waals surface area contributed by atoms with Gasteiger partial charge in [-0.2, -0.15) is 0 Å². The second-order valence-electron chi connectivity index (χ2n) is 7.59. The third-order valence-corrected chi connectivity index (χ3v) is 5.78. The summed E-state index contributed by atoms with van der Waals surface area (Å²) >= 11 is 0. The summed E-state index contributed by atoms with van der Waals surface area (Å²) in [6, 6.07) is 12.5. The van der Waals surface area contributed by atoms with Gasteiger partial charge in [-0.3, -0.25) is 9.88 Å². The summed E-state index contributed by atoms with van der Waals surface area (Å²) in [6.45, 7) is 3.13. The summed E-state index contributed by atoms with van der Waals surface area (Å²) in [5.74, 6) is 1.90. The molecule has 5 heteroatoms. The van der Waals surface area contributed by atoms with Crippen LogP contribution in [0.3, 0.4) is 0 Å². The molecule has 0 radical (unpaired) electrons. The number of benzene rings is 1. The van der Waals surface area contributed by atoms with E-state index in [1.165, 1.54) is 18.4 Å². The standard InChI is InChI=1S/C23H23N3O2/c27-25-22-6-4-17-13-18(3-5-20(17)22)23-21(16-7-9-24-10-8-16)14-19(28-23)15-26-11-1-2-12-26/h3,5,7-10,13-14,27H,1-2,4,6,11-12,15H2/b25-22-. The Morgan fingerprint density at radius 2 is 1.79 bits per heavy atom. The van der Waals surface area contributed by atoms with Crippen LogP contribution in [0.1, 0.15) is 36.1 Å². The van der Waals surface area contributed by atoms with Crippen LogP contribution >= 0.6 is 0 Å². The minimum atomic E-state index is 0.769. The van der Waals surface area contributed by atoms with Crippen molar-refractivity contribution in [1.29, 1.82) is 0 Å². The van der Waals surface area contributed by atoms with Crippen LogP contribution in [0.5, 0.6) is 0 Å². The Bertz CT molecular complexity index is 1020. The summed E-state index contributed by atoms with van der Waals surface area (Å²) in [6.07, 6.45) is 7.85. The number of hydrogen-bond acceptors (Lipinski definition) is 5. The maximum atomic E-state index is 9.19. The second-order valence-corrected chi connectivity index (χ2v) is 7.59. The molecular formula is C23H23N3O2. The van der Waals surface area contributed by atoms with E-state index in [0.717, 1.165) is 72.0 Å². The van der Waals surface area contributed by atoms with Crippen LogP contribution in [0.15, 0.2) is 58.4 Å². The summed E-state index contributed by atoms with van der Waals surface area (Å²) < 4.78 is 6.39. The lowest BCUT2D eigenvalue weighted by Gasteiger charge is -2.11. The highest BCUT2D eigenvalue weighted by atomic mass is 16.4. The van der Waals surface area contributed by atoms with Crippen molar-refractivity contribution < 1.29 is 9.62 Å². The molecule has 0 amide bonds. The number of pyridine rings is 1. The Morgan fingerprint density at radius 3 is 2.57 bits per heavy atom. The van der Waals surface area contributed by atoms with Crippen molar-refractivity contribution in [2.75, 3.05) is 13.1 Å². The zero-order valence-electron chi connectivity index (χ0n) is 15.8.